The average Bonchev–Trinajstić information content (AvgIpc) is 2.53. The smallest absolute Gasteiger partial charge is 0.359 e. The molecule has 0 aromatic heterocycles. The van der Waals surface area contributed by atoms with Gasteiger partial charge in [-0.3, -0.25) is 4.55 Å². The van der Waals surface area contributed by atoms with Gasteiger partial charge in [0, 0.05) is 0 Å². The number of hydrogen-bond acceptors (Lipinski definition) is 4. The summed E-state index contributed by atoms with van der Waals surface area (Å²) in [6.45, 7) is 5.29. The van der Waals surface area contributed by atoms with Crippen molar-refractivity contribution < 1.29 is 26.2 Å². The Morgan fingerprint density at radius 1 is 1.08 bits per heavy atom. The first-order chi connectivity index (χ1) is 11.9. The molecule has 10 heteroatoms. The standard InChI is InChI=1S/C10H12N2O2S2.C6H12O3S/c1-6-4-7(2)9(8(3)5-6)16(13,14)10(15)12-11;7-10(8,9)6-4-2-1-3-5-6/h4-5,15H,1-3H3;6H,1-5H2,(H,7,8,9). The summed E-state index contributed by atoms with van der Waals surface area (Å²) in [5, 5.41) is -0.471. The molecule has 0 radical (unpaired) electrons. The highest BCUT2D eigenvalue weighted by atomic mass is 32.2. The quantitative estimate of drug-likeness (QED) is 0.190. The van der Waals surface area contributed by atoms with Crippen LogP contribution >= 0.6 is 12.6 Å². The van der Waals surface area contributed by atoms with E-state index in [2.05, 4.69) is 17.4 Å². The fraction of sp³-hybridized carbons (Fsp3) is 0.562. The molecule has 0 heterocycles. The van der Waals surface area contributed by atoms with Gasteiger partial charge in [-0.1, -0.05) is 37.0 Å². The minimum atomic E-state index is -3.80. The Labute approximate surface area is 160 Å². The number of thiol groups is 1. The lowest BCUT2D eigenvalue weighted by Gasteiger charge is -2.17. The topological polar surface area (TPSA) is 125 Å². The molecule has 7 nitrogen and oxygen atoms in total. The Morgan fingerprint density at radius 3 is 1.88 bits per heavy atom. The molecule has 0 atom stereocenters. The van der Waals surface area contributed by atoms with Crippen molar-refractivity contribution in [3.05, 3.63) is 34.4 Å². The molecule has 2 rings (SSSR count). The van der Waals surface area contributed by atoms with Gasteiger partial charge in [0.15, 0.2) is 0 Å². The number of aryl methyl sites for hydroxylation is 3. The molecule has 0 bridgehead atoms. The van der Waals surface area contributed by atoms with Gasteiger partial charge in [0.2, 0.25) is 0 Å². The van der Waals surface area contributed by atoms with E-state index in [1.807, 2.05) is 6.92 Å². The highest BCUT2D eigenvalue weighted by Gasteiger charge is 2.30. The minimum absolute atomic E-state index is 0.154. The van der Waals surface area contributed by atoms with Crippen LogP contribution in [-0.4, -0.2) is 35.8 Å². The normalized spacial score (nSPS) is 15.6. The second-order valence-corrected chi connectivity index (χ2v) is 10.6. The largest absolute Gasteiger partial charge is 0.441 e. The van der Waals surface area contributed by atoms with Gasteiger partial charge in [0.25, 0.3) is 20.0 Å². The van der Waals surface area contributed by atoms with Crippen LogP contribution in [0.25, 0.3) is 5.53 Å². The molecule has 0 unspecified atom stereocenters. The molecule has 0 spiro atoms. The highest BCUT2D eigenvalue weighted by molar-refractivity contribution is 8.27. The van der Waals surface area contributed by atoms with Crippen molar-refractivity contribution in [3.8, 4) is 0 Å². The minimum Gasteiger partial charge on any atom is -0.359 e. The van der Waals surface area contributed by atoms with Gasteiger partial charge in [-0.15, -0.1) is 4.79 Å². The summed E-state index contributed by atoms with van der Waals surface area (Å²) in [5.74, 6) is 0. The third-order valence-corrected chi connectivity index (χ3v) is 8.04. The zero-order chi connectivity index (χ0) is 20.1. The molecular weight excluding hydrogens is 396 g/mol. The lowest BCUT2D eigenvalue weighted by atomic mass is 10.0. The fourth-order valence-electron chi connectivity index (χ4n) is 3.10. The first-order valence-corrected chi connectivity index (χ1v) is 11.5. The van der Waals surface area contributed by atoms with Crippen molar-refractivity contribution in [2.24, 2.45) is 0 Å². The van der Waals surface area contributed by atoms with Crippen LogP contribution in [0.3, 0.4) is 0 Å². The van der Waals surface area contributed by atoms with Crippen molar-refractivity contribution in [1.29, 1.82) is 0 Å². The fourth-order valence-corrected chi connectivity index (χ4v) is 5.56. The molecule has 1 aromatic rings. The Hall–Kier alpha value is -1.19. The molecule has 1 N–H and O–H groups in total. The Balaban J connectivity index is 0.000000289. The number of rotatable bonds is 2. The van der Waals surface area contributed by atoms with E-state index in [4.69, 9.17) is 10.1 Å². The summed E-state index contributed by atoms with van der Waals surface area (Å²) in [6.07, 6.45) is 4.25. The van der Waals surface area contributed by atoms with Gasteiger partial charge in [-0.2, -0.15) is 8.42 Å². The lowest BCUT2D eigenvalue weighted by molar-refractivity contribution is 0.00483. The molecule has 26 heavy (non-hydrogen) atoms. The Kier molecular flexibility index (Phi) is 8.04. The van der Waals surface area contributed by atoms with E-state index in [1.165, 1.54) is 0 Å². The van der Waals surface area contributed by atoms with Crippen LogP contribution in [0.1, 0.15) is 48.8 Å². The molecule has 1 aromatic carbocycles. The second kappa shape index (κ2) is 9.14. The summed E-state index contributed by atoms with van der Waals surface area (Å²) < 4.78 is 53.0. The van der Waals surface area contributed by atoms with E-state index in [1.54, 1.807) is 26.0 Å². The third kappa shape index (κ3) is 5.92. The SMILES string of the molecule is Cc1cc(C)c(S(=O)(=O)C(S)=[N+]=[N-])c(C)c1.O=S(=O)(O)C1CCCCC1. The van der Waals surface area contributed by atoms with E-state index < -0.39 is 29.6 Å². The van der Waals surface area contributed by atoms with Crippen LogP contribution in [0.5, 0.6) is 0 Å². The molecule has 0 aliphatic heterocycles. The first-order valence-electron chi connectivity index (χ1n) is 8.11. The first kappa shape index (κ1) is 22.9. The second-order valence-electron chi connectivity index (χ2n) is 6.39. The lowest BCUT2D eigenvalue weighted by Crippen LogP contribution is -2.22. The molecule has 0 saturated heterocycles. The van der Waals surface area contributed by atoms with E-state index >= 15 is 0 Å². The van der Waals surface area contributed by atoms with Gasteiger partial charge in [0.05, 0.1) is 10.1 Å². The van der Waals surface area contributed by atoms with Crippen LogP contribution in [0.4, 0.5) is 0 Å². The number of nitrogens with zero attached hydrogens (tertiary/aromatic N) is 2. The third-order valence-electron chi connectivity index (χ3n) is 4.17. The summed E-state index contributed by atoms with van der Waals surface area (Å²) in [4.78, 5) is 2.79. The molecule has 0 amide bonds. The van der Waals surface area contributed by atoms with E-state index in [-0.39, 0.29) is 4.90 Å². The van der Waals surface area contributed by atoms with Gasteiger partial charge in [-0.25, -0.2) is 8.42 Å². The van der Waals surface area contributed by atoms with E-state index in [0.717, 1.165) is 24.8 Å². The number of hydrogen-bond donors (Lipinski definition) is 2. The number of sulfone groups is 1. The number of benzene rings is 1. The van der Waals surface area contributed by atoms with Crippen LogP contribution in [0.15, 0.2) is 17.0 Å². The zero-order valence-corrected chi connectivity index (χ0v) is 17.5. The Bertz CT molecular complexity index is 888. The van der Waals surface area contributed by atoms with Crippen molar-refractivity contribution >= 4 is 37.0 Å². The maximum absolute atomic E-state index is 11.9. The van der Waals surface area contributed by atoms with Crippen LogP contribution in [-0.2, 0) is 20.0 Å². The van der Waals surface area contributed by atoms with Crippen molar-refractivity contribution in [1.82, 2.24) is 0 Å². The molecule has 1 fully saturated rings. The summed E-state index contributed by atoms with van der Waals surface area (Å²) in [5.41, 5.74) is 10.7. The van der Waals surface area contributed by atoms with Gasteiger partial charge in [-0.05, 0) is 57.4 Å². The predicted molar refractivity (Wildman–Crippen MR) is 104 cm³/mol. The summed E-state index contributed by atoms with van der Waals surface area (Å²) >= 11 is 3.65. The zero-order valence-electron chi connectivity index (χ0n) is 15.0. The molecular formula is C16H24N2O5S3. The van der Waals surface area contributed by atoms with Crippen LogP contribution < -0.4 is 0 Å². The average molecular weight is 421 g/mol. The summed E-state index contributed by atoms with van der Waals surface area (Å²) in [7, 11) is -7.53. The van der Waals surface area contributed by atoms with E-state index in [9.17, 15) is 16.8 Å². The molecule has 1 saturated carbocycles. The van der Waals surface area contributed by atoms with Gasteiger partial charge in [0.1, 0.15) is 0 Å². The van der Waals surface area contributed by atoms with Crippen molar-refractivity contribution in [2.45, 2.75) is 63.0 Å². The molecule has 146 valence electrons. The van der Waals surface area contributed by atoms with Crippen molar-refractivity contribution in [2.75, 3.05) is 0 Å². The predicted octanol–water partition coefficient (Wildman–Crippen LogP) is 3.11. The Morgan fingerprint density at radius 2 is 1.54 bits per heavy atom. The van der Waals surface area contributed by atoms with Gasteiger partial charge >= 0.3 is 4.38 Å². The maximum atomic E-state index is 11.9. The molecule has 1 aliphatic rings. The van der Waals surface area contributed by atoms with Gasteiger partial charge < -0.3 is 5.53 Å². The van der Waals surface area contributed by atoms with E-state index in [0.29, 0.717) is 24.0 Å². The highest BCUT2D eigenvalue weighted by Crippen LogP contribution is 2.24. The monoisotopic (exact) mass is 420 g/mol. The summed E-state index contributed by atoms with van der Waals surface area (Å²) in [6, 6.07) is 3.52. The van der Waals surface area contributed by atoms with Crippen molar-refractivity contribution in [3.63, 3.8) is 0 Å². The maximum Gasteiger partial charge on any atom is 0.441 e. The van der Waals surface area contributed by atoms with Crippen LogP contribution in [0, 0.1) is 20.8 Å². The molecule has 1 aliphatic carbocycles. The van der Waals surface area contributed by atoms with Crippen LogP contribution in [0.2, 0.25) is 0 Å².